The first-order valence-electron chi connectivity index (χ1n) is 7.91. The molecule has 0 radical (unpaired) electrons. The number of benzene rings is 1. The predicted molar refractivity (Wildman–Crippen MR) is 82.1 cm³/mol. The number of amides is 2. The van der Waals surface area contributed by atoms with E-state index in [1.165, 1.54) is 12.8 Å². The largest absolute Gasteiger partial charge is 0.352 e. The van der Waals surface area contributed by atoms with Gasteiger partial charge in [-0.2, -0.15) is 0 Å². The van der Waals surface area contributed by atoms with Crippen LogP contribution in [0.25, 0.3) is 0 Å². The number of nitrogens with zero attached hydrogens (tertiary/aromatic N) is 1. The summed E-state index contributed by atoms with van der Waals surface area (Å²) < 4.78 is 0. The van der Waals surface area contributed by atoms with E-state index in [0.717, 1.165) is 36.9 Å². The molecular formula is C17H22N2O2. The lowest BCUT2D eigenvalue weighted by Crippen LogP contribution is -2.43. The van der Waals surface area contributed by atoms with Crippen LogP contribution in [0.1, 0.15) is 44.1 Å². The maximum Gasteiger partial charge on any atom is 0.240 e. The fraction of sp³-hybridized carbons (Fsp3) is 0.529. The average Bonchev–Trinajstić information content (AvgIpc) is 2.92. The molecule has 1 aromatic rings. The molecule has 2 amide bonds. The standard InChI is InChI=1S/C17H22N2O2/c20-16(18-14-8-2-3-9-14)12-19-15-10-4-1-6-13(15)7-5-11-17(19)21/h1,4,6,10,14H,2-3,5,7-9,11-12H2,(H,18,20). The van der Waals surface area contributed by atoms with E-state index in [0.29, 0.717) is 12.5 Å². The van der Waals surface area contributed by atoms with Gasteiger partial charge in [0.15, 0.2) is 0 Å². The maximum atomic E-state index is 12.3. The Balaban J connectivity index is 1.73. The van der Waals surface area contributed by atoms with Crippen LogP contribution in [0, 0.1) is 0 Å². The Labute approximate surface area is 125 Å². The molecule has 0 saturated heterocycles. The minimum Gasteiger partial charge on any atom is -0.352 e. The van der Waals surface area contributed by atoms with Crippen LogP contribution in [0.3, 0.4) is 0 Å². The van der Waals surface area contributed by atoms with Gasteiger partial charge in [0, 0.05) is 18.2 Å². The van der Waals surface area contributed by atoms with Gasteiger partial charge in [0.25, 0.3) is 0 Å². The van der Waals surface area contributed by atoms with E-state index in [1.807, 2.05) is 18.2 Å². The minimum atomic E-state index is -0.0352. The topological polar surface area (TPSA) is 49.4 Å². The zero-order valence-corrected chi connectivity index (χ0v) is 12.3. The molecule has 1 aliphatic carbocycles. The molecule has 4 nitrogen and oxygen atoms in total. The van der Waals surface area contributed by atoms with Crippen molar-refractivity contribution >= 4 is 17.5 Å². The third-order valence-corrected chi connectivity index (χ3v) is 4.44. The van der Waals surface area contributed by atoms with Crippen molar-refractivity contribution in [3.05, 3.63) is 29.8 Å². The number of fused-ring (bicyclic) bond motifs is 1. The Kier molecular flexibility index (Phi) is 4.23. The molecule has 2 aliphatic rings. The van der Waals surface area contributed by atoms with Gasteiger partial charge in [0.05, 0.1) is 0 Å². The van der Waals surface area contributed by atoms with E-state index >= 15 is 0 Å². The molecule has 4 heteroatoms. The SMILES string of the molecule is O=C(CN1C(=O)CCCc2ccccc21)NC1CCCC1. The Morgan fingerprint density at radius 1 is 1.14 bits per heavy atom. The molecule has 0 spiro atoms. The fourth-order valence-corrected chi connectivity index (χ4v) is 3.35. The van der Waals surface area contributed by atoms with Crippen molar-refractivity contribution in [3.63, 3.8) is 0 Å². The number of carbonyl (C=O) groups is 2. The van der Waals surface area contributed by atoms with Crippen LogP contribution < -0.4 is 10.2 Å². The zero-order valence-electron chi connectivity index (χ0n) is 12.3. The van der Waals surface area contributed by atoms with Crippen LogP contribution in [0.5, 0.6) is 0 Å². The third kappa shape index (κ3) is 3.26. The summed E-state index contributed by atoms with van der Waals surface area (Å²) in [7, 11) is 0. The minimum absolute atomic E-state index is 0.0352. The Bertz CT molecular complexity index is 535. The Hall–Kier alpha value is -1.84. The number of hydrogen-bond donors (Lipinski definition) is 1. The lowest BCUT2D eigenvalue weighted by molar-refractivity contribution is -0.124. The molecule has 1 aromatic carbocycles. The van der Waals surface area contributed by atoms with Gasteiger partial charge in [-0.1, -0.05) is 31.0 Å². The van der Waals surface area contributed by atoms with Gasteiger partial charge in [0.1, 0.15) is 6.54 Å². The Morgan fingerprint density at radius 2 is 1.90 bits per heavy atom. The molecule has 112 valence electrons. The van der Waals surface area contributed by atoms with Crippen LogP contribution in [-0.2, 0) is 16.0 Å². The summed E-state index contributed by atoms with van der Waals surface area (Å²) in [4.78, 5) is 26.2. The molecule has 0 aromatic heterocycles. The number of para-hydroxylation sites is 1. The molecule has 3 rings (SSSR count). The van der Waals surface area contributed by atoms with Gasteiger partial charge < -0.3 is 10.2 Å². The third-order valence-electron chi connectivity index (χ3n) is 4.44. The lowest BCUT2D eigenvalue weighted by Gasteiger charge is -2.23. The number of aryl methyl sites for hydroxylation is 1. The lowest BCUT2D eigenvalue weighted by atomic mass is 10.1. The molecule has 1 aliphatic heterocycles. The summed E-state index contributed by atoms with van der Waals surface area (Å²) in [6.07, 6.45) is 6.80. The highest BCUT2D eigenvalue weighted by Crippen LogP contribution is 2.26. The first kappa shape index (κ1) is 14.1. The van der Waals surface area contributed by atoms with Gasteiger partial charge in [-0.25, -0.2) is 0 Å². The summed E-state index contributed by atoms with van der Waals surface area (Å²) in [5, 5.41) is 3.07. The van der Waals surface area contributed by atoms with Crippen molar-refractivity contribution in [1.29, 1.82) is 0 Å². The van der Waals surface area contributed by atoms with Crippen LogP contribution in [0.15, 0.2) is 24.3 Å². The van der Waals surface area contributed by atoms with E-state index in [2.05, 4.69) is 11.4 Å². The average molecular weight is 286 g/mol. The zero-order chi connectivity index (χ0) is 14.7. The summed E-state index contributed by atoms with van der Waals surface area (Å²) in [5.74, 6) is 0.0217. The molecule has 1 heterocycles. The monoisotopic (exact) mass is 286 g/mol. The highest BCUT2D eigenvalue weighted by Gasteiger charge is 2.25. The highest BCUT2D eigenvalue weighted by molar-refractivity contribution is 5.99. The van der Waals surface area contributed by atoms with Crippen molar-refractivity contribution < 1.29 is 9.59 Å². The number of nitrogens with one attached hydrogen (secondary N) is 1. The van der Waals surface area contributed by atoms with Gasteiger partial charge in [0.2, 0.25) is 11.8 Å². The van der Waals surface area contributed by atoms with Crippen molar-refractivity contribution in [2.24, 2.45) is 0 Å². The van der Waals surface area contributed by atoms with Crippen molar-refractivity contribution in [2.75, 3.05) is 11.4 Å². The first-order valence-corrected chi connectivity index (χ1v) is 7.91. The summed E-state index contributed by atoms with van der Waals surface area (Å²) in [5.41, 5.74) is 2.07. The number of carbonyl (C=O) groups excluding carboxylic acids is 2. The quantitative estimate of drug-likeness (QED) is 0.927. The van der Waals surface area contributed by atoms with E-state index in [1.54, 1.807) is 4.90 Å². The summed E-state index contributed by atoms with van der Waals surface area (Å²) >= 11 is 0. The number of hydrogen-bond acceptors (Lipinski definition) is 2. The van der Waals surface area contributed by atoms with Crippen LogP contribution in [-0.4, -0.2) is 24.4 Å². The van der Waals surface area contributed by atoms with Crippen molar-refractivity contribution in [3.8, 4) is 0 Å². The van der Waals surface area contributed by atoms with Gasteiger partial charge in [-0.05, 0) is 37.3 Å². The van der Waals surface area contributed by atoms with Crippen LogP contribution in [0.2, 0.25) is 0 Å². The van der Waals surface area contributed by atoms with E-state index in [4.69, 9.17) is 0 Å². The Morgan fingerprint density at radius 3 is 2.71 bits per heavy atom. The van der Waals surface area contributed by atoms with Crippen molar-refractivity contribution in [1.82, 2.24) is 5.32 Å². The molecule has 1 fully saturated rings. The second-order valence-corrected chi connectivity index (χ2v) is 6.01. The number of anilines is 1. The van der Waals surface area contributed by atoms with E-state index in [9.17, 15) is 9.59 Å². The predicted octanol–water partition coefficient (Wildman–Crippen LogP) is 2.41. The van der Waals surface area contributed by atoms with Crippen LogP contribution in [0.4, 0.5) is 5.69 Å². The first-order chi connectivity index (χ1) is 10.2. The second-order valence-electron chi connectivity index (χ2n) is 6.01. The normalized spacial score (nSPS) is 19.2. The maximum absolute atomic E-state index is 12.3. The fourth-order valence-electron chi connectivity index (χ4n) is 3.35. The van der Waals surface area contributed by atoms with Gasteiger partial charge in [-0.15, -0.1) is 0 Å². The van der Waals surface area contributed by atoms with E-state index in [-0.39, 0.29) is 18.4 Å². The highest BCUT2D eigenvalue weighted by atomic mass is 16.2. The molecule has 21 heavy (non-hydrogen) atoms. The van der Waals surface area contributed by atoms with Gasteiger partial charge in [-0.3, -0.25) is 9.59 Å². The summed E-state index contributed by atoms with van der Waals surface area (Å²) in [6, 6.07) is 8.22. The van der Waals surface area contributed by atoms with Crippen LogP contribution >= 0.6 is 0 Å². The smallest absolute Gasteiger partial charge is 0.240 e. The van der Waals surface area contributed by atoms with Gasteiger partial charge >= 0.3 is 0 Å². The molecule has 1 N–H and O–H groups in total. The molecule has 0 unspecified atom stereocenters. The molecule has 0 atom stereocenters. The van der Waals surface area contributed by atoms with E-state index < -0.39 is 0 Å². The number of rotatable bonds is 3. The molecule has 1 saturated carbocycles. The molecular weight excluding hydrogens is 264 g/mol. The summed E-state index contributed by atoms with van der Waals surface area (Å²) in [6.45, 7) is 0.145. The van der Waals surface area contributed by atoms with Crippen molar-refractivity contribution in [2.45, 2.75) is 51.0 Å². The molecule has 0 bridgehead atoms. The second kappa shape index (κ2) is 6.29.